The van der Waals surface area contributed by atoms with Crippen LogP contribution in [0.4, 0.5) is 4.79 Å². The Balaban J connectivity index is 2.55. The lowest BCUT2D eigenvalue weighted by molar-refractivity contribution is -0.163. The summed E-state index contributed by atoms with van der Waals surface area (Å²) in [5, 5.41) is 11.3. The maximum absolute atomic E-state index is 11.6. The van der Waals surface area contributed by atoms with E-state index in [1.54, 1.807) is 39.0 Å². The summed E-state index contributed by atoms with van der Waals surface area (Å²) in [4.78, 5) is 34.2. The fourth-order valence-electron chi connectivity index (χ4n) is 1.52. The molecular formula is C15H19NO6. The Bertz CT molecular complexity index is 535. The van der Waals surface area contributed by atoms with Crippen LogP contribution in [0.25, 0.3) is 0 Å². The highest BCUT2D eigenvalue weighted by atomic mass is 16.6. The van der Waals surface area contributed by atoms with Gasteiger partial charge in [0.1, 0.15) is 12.1 Å². The number of carbonyl (C=O) groups is 3. The van der Waals surface area contributed by atoms with Crippen molar-refractivity contribution >= 4 is 18.0 Å². The number of alkyl carbamates (subject to hydrolysis) is 1. The van der Waals surface area contributed by atoms with Gasteiger partial charge in [-0.3, -0.25) is 4.79 Å². The lowest BCUT2D eigenvalue weighted by Gasteiger charge is -2.19. The highest BCUT2D eigenvalue weighted by Crippen LogP contribution is 2.17. The molecule has 1 rings (SSSR count). The number of benzene rings is 1. The highest BCUT2D eigenvalue weighted by molar-refractivity contribution is 5.82. The van der Waals surface area contributed by atoms with E-state index in [1.165, 1.54) is 12.1 Å². The van der Waals surface area contributed by atoms with E-state index in [0.717, 1.165) is 0 Å². The SMILES string of the molecule is CC(C)(C)OC(=O)NCC(=O)OC(C(=O)O)c1ccccc1. The molecule has 0 bridgehead atoms. The van der Waals surface area contributed by atoms with Crippen LogP contribution >= 0.6 is 0 Å². The molecular weight excluding hydrogens is 290 g/mol. The molecule has 0 saturated carbocycles. The fourth-order valence-corrected chi connectivity index (χ4v) is 1.52. The maximum Gasteiger partial charge on any atom is 0.408 e. The molecule has 0 saturated heterocycles. The second-order valence-electron chi connectivity index (χ2n) is 5.47. The minimum Gasteiger partial charge on any atom is -0.478 e. The number of hydrogen-bond acceptors (Lipinski definition) is 5. The van der Waals surface area contributed by atoms with Crippen molar-refractivity contribution in [1.82, 2.24) is 5.32 Å². The van der Waals surface area contributed by atoms with Crippen LogP contribution in [0.15, 0.2) is 30.3 Å². The quantitative estimate of drug-likeness (QED) is 0.805. The van der Waals surface area contributed by atoms with E-state index in [4.69, 9.17) is 14.6 Å². The van der Waals surface area contributed by atoms with Crippen LogP contribution in [-0.4, -0.2) is 35.3 Å². The third-order valence-electron chi connectivity index (χ3n) is 2.35. The smallest absolute Gasteiger partial charge is 0.408 e. The zero-order valence-electron chi connectivity index (χ0n) is 12.7. The first-order valence-corrected chi connectivity index (χ1v) is 6.63. The van der Waals surface area contributed by atoms with E-state index in [2.05, 4.69) is 5.32 Å². The number of carboxylic acid groups (broad SMARTS) is 1. The molecule has 1 aromatic rings. The molecule has 120 valence electrons. The van der Waals surface area contributed by atoms with E-state index in [-0.39, 0.29) is 0 Å². The number of carbonyl (C=O) groups excluding carboxylic acids is 2. The van der Waals surface area contributed by atoms with Crippen molar-refractivity contribution in [2.75, 3.05) is 6.54 Å². The number of ether oxygens (including phenoxy) is 2. The first-order chi connectivity index (χ1) is 10.2. The molecule has 1 unspecified atom stereocenters. The molecule has 0 radical (unpaired) electrons. The molecule has 0 aliphatic heterocycles. The molecule has 0 spiro atoms. The summed E-state index contributed by atoms with van der Waals surface area (Å²) in [6.45, 7) is 4.56. The van der Waals surface area contributed by atoms with Crippen LogP contribution in [0, 0.1) is 0 Å². The molecule has 2 N–H and O–H groups in total. The summed E-state index contributed by atoms with van der Waals surface area (Å²) in [6.07, 6.45) is -2.20. The second kappa shape index (κ2) is 7.44. The fraction of sp³-hybridized carbons (Fsp3) is 0.400. The van der Waals surface area contributed by atoms with Crippen LogP contribution in [0.1, 0.15) is 32.4 Å². The molecule has 7 heteroatoms. The molecule has 1 atom stereocenters. The molecule has 0 aliphatic rings. The van der Waals surface area contributed by atoms with Gasteiger partial charge in [0.2, 0.25) is 6.10 Å². The Morgan fingerprint density at radius 2 is 1.77 bits per heavy atom. The van der Waals surface area contributed by atoms with Gasteiger partial charge in [-0.05, 0) is 20.8 Å². The van der Waals surface area contributed by atoms with Gasteiger partial charge in [0, 0.05) is 5.56 Å². The Labute approximate surface area is 128 Å². The highest BCUT2D eigenvalue weighted by Gasteiger charge is 2.24. The van der Waals surface area contributed by atoms with E-state index in [9.17, 15) is 14.4 Å². The normalized spacial score (nSPS) is 12.1. The van der Waals surface area contributed by atoms with Crippen molar-refractivity contribution in [1.29, 1.82) is 0 Å². The largest absolute Gasteiger partial charge is 0.478 e. The first-order valence-electron chi connectivity index (χ1n) is 6.63. The summed E-state index contributed by atoms with van der Waals surface area (Å²) in [5.41, 5.74) is -0.359. The molecule has 22 heavy (non-hydrogen) atoms. The number of rotatable bonds is 5. The van der Waals surface area contributed by atoms with Crippen molar-refractivity contribution in [2.45, 2.75) is 32.5 Å². The zero-order chi connectivity index (χ0) is 16.8. The topological polar surface area (TPSA) is 102 Å². The Morgan fingerprint density at radius 1 is 1.18 bits per heavy atom. The minimum absolute atomic E-state index is 0.334. The van der Waals surface area contributed by atoms with Crippen molar-refractivity contribution in [3.63, 3.8) is 0 Å². The Kier molecular flexibility index (Phi) is 5.91. The van der Waals surface area contributed by atoms with Crippen LogP contribution in [-0.2, 0) is 19.1 Å². The zero-order valence-corrected chi connectivity index (χ0v) is 12.7. The van der Waals surface area contributed by atoms with Gasteiger partial charge < -0.3 is 19.9 Å². The molecule has 7 nitrogen and oxygen atoms in total. The third-order valence-corrected chi connectivity index (χ3v) is 2.35. The van der Waals surface area contributed by atoms with E-state index in [1.807, 2.05) is 0 Å². The molecule has 0 aromatic heterocycles. The predicted molar refractivity (Wildman–Crippen MR) is 77.1 cm³/mol. The van der Waals surface area contributed by atoms with Gasteiger partial charge in [0.25, 0.3) is 0 Å². The van der Waals surface area contributed by atoms with Crippen LogP contribution in [0.3, 0.4) is 0 Å². The van der Waals surface area contributed by atoms with Crippen molar-refractivity contribution in [3.05, 3.63) is 35.9 Å². The molecule has 1 amide bonds. The van der Waals surface area contributed by atoms with E-state index >= 15 is 0 Å². The van der Waals surface area contributed by atoms with Crippen molar-refractivity contribution < 1.29 is 29.0 Å². The van der Waals surface area contributed by atoms with Gasteiger partial charge in [-0.1, -0.05) is 30.3 Å². The number of esters is 1. The van der Waals surface area contributed by atoms with Gasteiger partial charge >= 0.3 is 18.0 Å². The summed E-state index contributed by atoms with van der Waals surface area (Å²) < 4.78 is 9.82. The Hall–Kier alpha value is -2.57. The number of hydrogen-bond donors (Lipinski definition) is 2. The van der Waals surface area contributed by atoms with Gasteiger partial charge in [-0.15, -0.1) is 0 Å². The summed E-state index contributed by atoms with van der Waals surface area (Å²) in [7, 11) is 0. The van der Waals surface area contributed by atoms with E-state index < -0.39 is 36.3 Å². The van der Waals surface area contributed by atoms with Crippen molar-refractivity contribution in [2.24, 2.45) is 0 Å². The number of nitrogens with one attached hydrogen (secondary N) is 1. The van der Waals surface area contributed by atoms with Crippen molar-refractivity contribution in [3.8, 4) is 0 Å². The van der Waals surface area contributed by atoms with Gasteiger partial charge in [0.15, 0.2) is 0 Å². The summed E-state index contributed by atoms with van der Waals surface area (Å²) >= 11 is 0. The lowest BCUT2D eigenvalue weighted by atomic mass is 10.1. The maximum atomic E-state index is 11.6. The predicted octanol–water partition coefficient (Wildman–Crippen LogP) is 1.88. The number of amides is 1. The molecule has 1 aromatic carbocycles. The average molecular weight is 309 g/mol. The van der Waals surface area contributed by atoms with Crippen LogP contribution < -0.4 is 5.32 Å². The second-order valence-corrected chi connectivity index (χ2v) is 5.47. The third kappa shape index (κ3) is 6.25. The first kappa shape index (κ1) is 17.5. The molecule has 0 aliphatic carbocycles. The van der Waals surface area contributed by atoms with Gasteiger partial charge in [-0.25, -0.2) is 9.59 Å². The minimum atomic E-state index is -1.42. The molecule has 0 heterocycles. The monoisotopic (exact) mass is 309 g/mol. The number of carboxylic acids is 1. The van der Waals surface area contributed by atoms with E-state index in [0.29, 0.717) is 5.56 Å². The van der Waals surface area contributed by atoms with Gasteiger partial charge in [0.05, 0.1) is 0 Å². The van der Waals surface area contributed by atoms with Gasteiger partial charge in [-0.2, -0.15) is 0 Å². The van der Waals surface area contributed by atoms with Crippen LogP contribution in [0.5, 0.6) is 0 Å². The summed E-state index contributed by atoms with van der Waals surface area (Å²) in [6, 6.07) is 8.06. The average Bonchev–Trinajstić information content (AvgIpc) is 2.41. The standard InChI is InChI=1S/C15H19NO6/c1-15(2,3)22-14(20)16-9-11(17)21-12(13(18)19)10-7-5-4-6-8-10/h4-8,12H,9H2,1-3H3,(H,16,20)(H,18,19). The van der Waals surface area contributed by atoms with Crippen LogP contribution in [0.2, 0.25) is 0 Å². The summed E-state index contributed by atoms with van der Waals surface area (Å²) in [5.74, 6) is -2.17. The number of aliphatic carboxylic acids is 1. The Morgan fingerprint density at radius 3 is 2.27 bits per heavy atom. The molecule has 0 fully saturated rings. The lowest BCUT2D eigenvalue weighted by Crippen LogP contribution is -2.36.